The zero-order valence-electron chi connectivity index (χ0n) is 15.2. The minimum atomic E-state index is -0.692. The van der Waals surface area contributed by atoms with E-state index in [1.807, 2.05) is 0 Å². The molecule has 0 aliphatic carbocycles. The number of carbonyl (C=O) groups excluding carboxylic acids is 4. The van der Waals surface area contributed by atoms with Gasteiger partial charge >= 0.3 is 5.97 Å². The molecule has 0 bridgehead atoms. The maximum absolute atomic E-state index is 12.4. The highest BCUT2D eigenvalue weighted by Gasteiger charge is 2.33. The first kappa shape index (κ1) is 19.4. The molecule has 2 aliphatic heterocycles. The van der Waals surface area contributed by atoms with Gasteiger partial charge in [-0.25, -0.2) is 4.79 Å². The zero-order valence-corrected chi connectivity index (χ0v) is 15.2. The molecule has 2 rings (SSSR count). The van der Waals surface area contributed by atoms with Crippen LogP contribution in [0.4, 0.5) is 0 Å². The van der Waals surface area contributed by atoms with E-state index in [0.29, 0.717) is 23.7 Å². The van der Waals surface area contributed by atoms with Crippen molar-refractivity contribution in [2.45, 2.75) is 64.5 Å². The van der Waals surface area contributed by atoms with Crippen molar-refractivity contribution in [3.8, 4) is 0 Å². The topological polar surface area (TPSA) is 87.2 Å². The Bertz CT molecular complexity index is 524. The minimum Gasteiger partial charge on any atom is -0.344 e. The molecule has 2 saturated heterocycles. The molecule has 2 atom stereocenters. The van der Waals surface area contributed by atoms with Crippen LogP contribution in [0.25, 0.3) is 0 Å². The highest BCUT2D eigenvalue weighted by Crippen LogP contribution is 2.22. The van der Waals surface area contributed by atoms with Crippen LogP contribution in [0.15, 0.2) is 0 Å². The maximum Gasteiger partial charge on any atom is 0.334 e. The highest BCUT2D eigenvalue weighted by atomic mass is 16.7. The van der Waals surface area contributed by atoms with Crippen molar-refractivity contribution in [1.82, 2.24) is 14.9 Å². The van der Waals surface area contributed by atoms with Crippen LogP contribution in [0, 0.1) is 0 Å². The van der Waals surface area contributed by atoms with Gasteiger partial charge < -0.3 is 9.74 Å². The summed E-state index contributed by atoms with van der Waals surface area (Å²) in [6, 6.07) is 0.747. The number of hydrogen-bond donors (Lipinski definition) is 0. The van der Waals surface area contributed by atoms with E-state index >= 15 is 0 Å². The fourth-order valence-corrected chi connectivity index (χ4v) is 3.25. The molecule has 3 amide bonds. The molecule has 2 heterocycles. The number of piperidine rings is 1. The van der Waals surface area contributed by atoms with E-state index in [9.17, 15) is 19.2 Å². The largest absolute Gasteiger partial charge is 0.344 e. The molecule has 2 aliphatic rings. The Morgan fingerprint density at radius 1 is 1.12 bits per heavy atom. The first-order valence-corrected chi connectivity index (χ1v) is 8.86. The molecular weight excluding hydrogens is 326 g/mol. The molecule has 2 unspecified atom stereocenters. The van der Waals surface area contributed by atoms with Crippen molar-refractivity contribution in [2.24, 2.45) is 0 Å². The Kier molecular flexibility index (Phi) is 6.52. The average molecular weight is 353 g/mol. The molecule has 0 saturated carbocycles. The molecule has 2 fully saturated rings. The number of likely N-dealkylation sites (N-methyl/N-ethyl adjacent to an activating group) is 1. The maximum atomic E-state index is 12.4. The average Bonchev–Trinajstić information content (AvgIpc) is 2.87. The third-order valence-electron chi connectivity index (χ3n) is 4.97. The molecule has 0 aromatic rings. The number of likely N-dealkylation sites (tertiary alicyclic amines) is 1. The number of rotatable bonds is 6. The van der Waals surface area contributed by atoms with E-state index in [1.165, 1.54) is 11.3 Å². The second kappa shape index (κ2) is 8.42. The molecule has 8 heteroatoms. The van der Waals surface area contributed by atoms with Crippen LogP contribution in [0.3, 0.4) is 0 Å². The third kappa shape index (κ3) is 5.01. The van der Waals surface area contributed by atoms with Crippen LogP contribution >= 0.6 is 0 Å². The monoisotopic (exact) mass is 353 g/mol. The summed E-state index contributed by atoms with van der Waals surface area (Å²) in [6.07, 6.45) is 3.43. The second-order valence-electron chi connectivity index (χ2n) is 6.91. The van der Waals surface area contributed by atoms with Crippen molar-refractivity contribution in [1.29, 1.82) is 0 Å². The van der Waals surface area contributed by atoms with Gasteiger partial charge in [-0.05, 0) is 26.7 Å². The lowest BCUT2D eigenvalue weighted by Gasteiger charge is -2.39. The van der Waals surface area contributed by atoms with Gasteiger partial charge in [-0.1, -0.05) is 6.42 Å². The van der Waals surface area contributed by atoms with Crippen LogP contribution < -0.4 is 0 Å². The Balaban J connectivity index is 1.76. The fraction of sp³-hybridized carbons (Fsp3) is 0.765. The number of hydroxylamine groups is 2. The van der Waals surface area contributed by atoms with E-state index in [4.69, 9.17) is 4.84 Å². The Labute approximate surface area is 148 Å². The first-order valence-electron chi connectivity index (χ1n) is 8.86. The Morgan fingerprint density at radius 2 is 1.68 bits per heavy atom. The minimum absolute atomic E-state index is 0.0540. The van der Waals surface area contributed by atoms with Crippen molar-refractivity contribution < 1.29 is 24.0 Å². The molecule has 0 aromatic carbocycles. The van der Waals surface area contributed by atoms with Gasteiger partial charge in [0.25, 0.3) is 11.8 Å². The molecule has 0 aromatic heterocycles. The molecule has 25 heavy (non-hydrogen) atoms. The van der Waals surface area contributed by atoms with Crippen molar-refractivity contribution in [3.63, 3.8) is 0 Å². The van der Waals surface area contributed by atoms with Crippen molar-refractivity contribution in [2.75, 3.05) is 20.1 Å². The van der Waals surface area contributed by atoms with E-state index in [0.717, 1.165) is 12.8 Å². The predicted molar refractivity (Wildman–Crippen MR) is 88.9 cm³/mol. The standard InChI is InChI=1S/C17H27N3O5/c1-12-5-4-6-13(2)19(12)11-16(23)18(3)10-9-17(24)25-20-14(21)7-8-15(20)22/h12-13H,4-11H2,1-3H3. The first-order chi connectivity index (χ1) is 11.8. The molecule has 0 N–H and O–H groups in total. The summed E-state index contributed by atoms with van der Waals surface area (Å²) in [5, 5.41) is 0.529. The number of amides is 3. The normalized spacial score (nSPS) is 24.5. The van der Waals surface area contributed by atoms with Crippen molar-refractivity contribution >= 4 is 23.7 Å². The van der Waals surface area contributed by atoms with Gasteiger partial charge in [-0.2, -0.15) is 0 Å². The summed E-state index contributed by atoms with van der Waals surface area (Å²) in [4.78, 5) is 55.5. The number of nitrogens with zero attached hydrogens (tertiary/aromatic N) is 3. The fourth-order valence-electron chi connectivity index (χ4n) is 3.25. The zero-order chi connectivity index (χ0) is 18.6. The molecule has 140 valence electrons. The summed E-state index contributed by atoms with van der Waals surface area (Å²) in [6.45, 7) is 4.77. The quantitative estimate of drug-likeness (QED) is 0.654. The van der Waals surface area contributed by atoms with Gasteiger partial charge in [0.1, 0.15) is 0 Å². The smallest absolute Gasteiger partial charge is 0.334 e. The third-order valence-corrected chi connectivity index (χ3v) is 4.97. The van der Waals surface area contributed by atoms with E-state index < -0.39 is 17.8 Å². The highest BCUT2D eigenvalue weighted by molar-refractivity contribution is 6.01. The molecule has 8 nitrogen and oxygen atoms in total. The van der Waals surface area contributed by atoms with Crippen LogP contribution in [-0.2, 0) is 24.0 Å². The number of hydrogen-bond acceptors (Lipinski definition) is 6. The summed E-state index contributed by atoms with van der Waals surface area (Å²) in [7, 11) is 1.64. The van der Waals surface area contributed by atoms with Gasteiger partial charge in [-0.3, -0.25) is 19.3 Å². The Morgan fingerprint density at radius 3 is 2.24 bits per heavy atom. The summed E-state index contributed by atoms with van der Waals surface area (Å²) >= 11 is 0. The molecule has 0 spiro atoms. The lowest BCUT2D eigenvalue weighted by atomic mass is 9.97. The number of imide groups is 1. The van der Waals surface area contributed by atoms with Crippen molar-refractivity contribution in [3.05, 3.63) is 0 Å². The summed E-state index contributed by atoms with van der Waals surface area (Å²) in [5.74, 6) is -1.75. The summed E-state index contributed by atoms with van der Waals surface area (Å²) < 4.78 is 0. The SMILES string of the molecule is CC1CCCC(C)N1CC(=O)N(C)CCC(=O)ON1C(=O)CCC1=O. The van der Waals surface area contributed by atoms with Crippen LogP contribution in [-0.4, -0.2) is 70.8 Å². The molecular formula is C17H27N3O5. The van der Waals surface area contributed by atoms with Crippen LogP contribution in [0.1, 0.15) is 52.4 Å². The lowest BCUT2D eigenvalue weighted by molar-refractivity contribution is -0.197. The Hall–Kier alpha value is -1.96. The lowest BCUT2D eigenvalue weighted by Crippen LogP contribution is -2.49. The van der Waals surface area contributed by atoms with Gasteiger partial charge in [0.15, 0.2) is 0 Å². The van der Waals surface area contributed by atoms with Gasteiger partial charge in [0, 0.05) is 38.5 Å². The van der Waals surface area contributed by atoms with Crippen LogP contribution in [0.5, 0.6) is 0 Å². The van der Waals surface area contributed by atoms with Gasteiger partial charge in [-0.15, -0.1) is 5.06 Å². The number of carbonyl (C=O) groups is 4. The van der Waals surface area contributed by atoms with E-state index in [1.54, 1.807) is 7.05 Å². The predicted octanol–water partition coefficient (Wildman–Crippen LogP) is 0.705. The van der Waals surface area contributed by atoms with E-state index in [-0.39, 0.29) is 31.7 Å². The molecule has 0 radical (unpaired) electrons. The van der Waals surface area contributed by atoms with Gasteiger partial charge in [0.2, 0.25) is 5.91 Å². The van der Waals surface area contributed by atoms with Crippen LogP contribution in [0.2, 0.25) is 0 Å². The van der Waals surface area contributed by atoms with E-state index in [2.05, 4.69) is 18.7 Å². The second-order valence-corrected chi connectivity index (χ2v) is 6.91. The summed E-state index contributed by atoms with van der Waals surface area (Å²) in [5.41, 5.74) is 0. The van der Waals surface area contributed by atoms with Gasteiger partial charge in [0.05, 0.1) is 13.0 Å².